The molecule has 0 amide bonds. The molecular weight excluding hydrogens is 821 g/mol. The van der Waals surface area contributed by atoms with E-state index in [0.29, 0.717) is 17.5 Å². The normalized spacial score (nSPS) is 11.9. The first kappa shape index (κ1) is 36.9. The van der Waals surface area contributed by atoms with Crippen molar-refractivity contribution in [3.63, 3.8) is 0 Å². The van der Waals surface area contributed by atoms with Crippen molar-refractivity contribution in [1.29, 1.82) is 0 Å². The van der Waals surface area contributed by atoms with E-state index in [4.69, 9.17) is 15.0 Å². The van der Waals surface area contributed by atoms with Crippen molar-refractivity contribution in [3.8, 4) is 51.0 Å². The Balaban J connectivity index is 1.08. The first-order valence-corrected chi connectivity index (χ1v) is 23.1. The Morgan fingerprint density at radius 1 is 0.303 bits per heavy atom. The van der Waals surface area contributed by atoms with Gasteiger partial charge in [0.1, 0.15) is 0 Å². The Kier molecular flexibility index (Phi) is 8.12. The SMILES string of the molecule is c1ccc2cc(-c3nc(-c4ccc5ccccc5c4)nc(-c4ccc(-n5c6cc7ccccc7cc6c6c7ccccc7ccc65)cc4-c4cccc5sc6ccccc6c45)n3)ccc2c1. The van der Waals surface area contributed by atoms with Crippen LogP contribution in [0, 0.1) is 0 Å². The van der Waals surface area contributed by atoms with Crippen LogP contribution in [0.5, 0.6) is 0 Å². The summed E-state index contributed by atoms with van der Waals surface area (Å²) in [4.78, 5) is 16.1. The zero-order valence-electron chi connectivity index (χ0n) is 35.5. The van der Waals surface area contributed by atoms with Gasteiger partial charge in [-0.05, 0) is 115 Å². The number of thiophene rings is 1. The molecule has 0 radical (unpaired) electrons. The van der Waals surface area contributed by atoms with Crippen LogP contribution in [0.1, 0.15) is 0 Å². The third-order valence-corrected chi connectivity index (χ3v) is 14.5. The number of benzene rings is 11. The van der Waals surface area contributed by atoms with E-state index in [-0.39, 0.29) is 0 Å². The lowest BCUT2D eigenvalue weighted by Gasteiger charge is -2.16. The Morgan fingerprint density at radius 3 is 1.58 bits per heavy atom. The largest absolute Gasteiger partial charge is 0.309 e. The molecule has 3 aromatic heterocycles. The van der Waals surface area contributed by atoms with Crippen LogP contribution >= 0.6 is 11.3 Å². The Morgan fingerprint density at radius 2 is 0.864 bits per heavy atom. The fraction of sp³-hybridized carbons (Fsp3) is 0. The zero-order chi connectivity index (χ0) is 43.3. The second kappa shape index (κ2) is 14.5. The Hall–Kier alpha value is -8.51. The van der Waals surface area contributed by atoms with Gasteiger partial charge in [0.25, 0.3) is 0 Å². The van der Waals surface area contributed by atoms with Gasteiger partial charge < -0.3 is 4.57 Å². The molecule has 3 heterocycles. The average molecular weight is 857 g/mol. The van der Waals surface area contributed by atoms with Gasteiger partial charge in [0, 0.05) is 53.3 Å². The third-order valence-electron chi connectivity index (χ3n) is 13.4. The molecule has 4 nitrogen and oxygen atoms in total. The molecule has 306 valence electrons. The summed E-state index contributed by atoms with van der Waals surface area (Å²) in [5, 5.41) is 14.5. The highest BCUT2D eigenvalue weighted by Gasteiger charge is 2.22. The van der Waals surface area contributed by atoms with Gasteiger partial charge in [-0.25, -0.2) is 15.0 Å². The second-order valence-corrected chi connectivity index (χ2v) is 18.3. The van der Waals surface area contributed by atoms with Crippen molar-refractivity contribution in [2.45, 2.75) is 0 Å². The molecule has 0 aliphatic carbocycles. The summed E-state index contributed by atoms with van der Waals surface area (Å²) in [6, 6.07) is 78.9. The van der Waals surface area contributed by atoms with Crippen LogP contribution in [0.15, 0.2) is 218 Å². The van der Waals surface area contributed by atoms with Gasteiger partial charge in [0.05, 0.1) is 11.0 Å². The summed E-state index contributed by atoms with van der Waals surface area (Å²) in [6.45, 7) is 0. The Labute approximate surface area is 383 Å². The number of aromatic nitrogens is 4. The molecular formula is C61H36N4S. The fourth-order valence-corrected chi connectivity index (χ4v) is 11.4. The first-order chi connectivity index (χ1) is 32.7. The summed E-state index contributed by atoms with van der Waals surface area (Å²) in [5.74, 6) is 1.88. The summed E-state index contributed by atoms with van der Waals surface area (Å²) in [5.41, 5.74) is 8.39. The van der Waals surface area contributed by atoms with Gasteiger partial charge in [0.2, 0.25) is 0 Å². The molecule has 0 saturated carbocycles. The highest BCUT2D eigenvalue weighted by Crippen LogP contribution is 2.45. The summed E-state index contributed by atoms with van der Waals surface area (Å²) in [6.07, 6.45) is 0. The molecule has 0 aliphatic rings. The number of fused-ring (bicyclic) bond motifs is 11. The highest BCUT2D eigenvalue weighted by atomic mass is 32.1. The number of hydrogen-bond acceptors (Lipinski definition) is 4. The maximum absolute atomic E-state index is 5.42. The van der Waals surface area contributed by atoms with E-state index in [9.17, 15) is 0 Å². The minimum atomic E-state index is 0.619. The lowest BCUT2D eigenvalue weighted by atomic mass is 9.94. The van der Waals surface area contributed by atoms with Crippen molar-refractivity contribution in [2.24, 2.45) is 0 Å². The van der Waals surface area contributed by atoms with Crippen LogP contribution < -0.4 is 0 Å². The minimum Gasteiger partial charge on any atom is -0.309 e. The molecule has 0 aliphatic heterocycles. The quantitative estimate of drug-likeness (QED) is 0.173. The van der Waals surface area contributed by atoms with Crippen LogP contribution in [-0.2, 0) is 0 Å². The highest BCUT2D eigenvalue weighted by molar-refractivity contribution is 7.25. The molecule has 14 rings (SSSR count). The van der Waals surface area contributed by atoms with Gasteiger partial charge in [-0.1, -0.05) is 158 Å². The van der Waals surface area contributed by atoms with E-state index < -0.39 is 0 Å². The zero-order valence-corrected chi connectivity index (χ0v) is 36.3. The van der Waals surface area contributed by atoms with Crippen molar-refractivity contribution < 1.29 is 0 Å². The molecule has 0 N–H and O–H groups in total. The molecule has 0 fully saturated rings. The average Bonchev–Trinajstić information content (AvgIpc) is 3.93. The maximum atomic E-state index is 5.42. The lowest BCUT2D eigenvalue weighted by Crippen LogP contribution is -2.02. The summed E-state index contributed by atoms with van der Waals surface area (Å²) >= 11 is 1.83. The maximum Gasteiger partial charge on any atom is 0.164 e. The smallest absolute Gasteiger partial charge is 0.164 e. The molecule has 0 spiro atoms. The van der Waals surface area contributed by atoms with E-state index in [1.165, 1.54) is 63.3 Å². The summed E-state index contributed by atoms with van der Waals surface area (Å²) < 4.78 is 4.96. The predicted molar refractivity (Wildman–Crippen MR) is 279 cm³/mol. The molecule has 0 bridgehead atoms. The standard InChI is InChI=1S/C61H36N4S/c1-3-15-40-32-44(26-24-37(40)12-1)59-62-60(45-27-25-38-13-2-4-16-41(38)33-45)64-61(63-59)49-30-29-46(36-51(49)48-21-11-23-56-58(48)50-20-9-10-22-55(50)66-56)65-53-31-28-39-14-7-8-19-47(39)57(53)52-34-42-17-5-6-18-43(42)35-54(52)65/h1-36H. The second-order valence-electron chi connectivity index (χ2n) is 17.2. The van der Waals surface area contributed by atoms with Crippen molar-refractivity contribution in [3.05, 3.63) is 218 Å². The number of nitrogens with zero attached hydrogens (tertiary/aromatic N) is 4. The van der Waals surface area contributed by atoms with E-state index >= 15 is 0 Å². The van der Waals surface area contributed by atoms with Gasteiger partial charge in [0.15, 0.2) is 17.5 Å². The van der Waals surface area contributed by atoms with Gasteiger partial charge in [-0.3, -0.25) is 0 Å². The van der Waals surface area contributed by atoms with Crippen LogP contribution in [-0.4, -0.2) is 19.5 Å². The van der Waals surface area contributed by atoms with E-state index in [1.807, 2.05) is 11.3 Å². The van der Waals surface area contributed by atoms with Crippen molar-refractivity contribution in [1.82, 2.24) is 19.5 Å². The van der Waals surface area contributed by atoms with E-state index in [2.05, 4.69) is 223 Å². The van der Waals surface area contributed by atoms with Crippen molar-refractivity contribution in [2.75, 3.05) is 0 Å². The first-order valence-electron chi connectivity index (χ1n) is 22.3. The lowest BCUT2D eigenvalue weighted by molar-refractivity contribution is 1.07. The molecule has 0 atom stereocenters. The van der Waals surface area contributed by atoms with Crippen molar-refractivity contribution >= 4 is 96.4 Å². The molecule has 5 heteroatoms. The third kappa shape index (κ3) is 5.80. The van der Waals surface area contributed by atoms with Crippen LogP contribution in [0.4, 0.5) is 0 Å². The van der Waals surface area contributed by atoms with Crippen LogP contribution in [0.3, 0.4) is 0 Å². The van der Waals surface area contributed by atoms with Crippen LogP contribution in [0.2, 0.25) is 0 Å². The number of hydrogen-bond donors (Lipinski definition) is 0. The summed E-state index contributed by atoms with van der Waals surface area (Å²) in [7, 11) is 0. The van der Waals surface area contributed by atoms with Crippen LogP contribution in [0.25, 0.3) is 136 Å². The van der Waals surface area contributed by atoms with Gasteiger partial charge in [-0.2, -0.15) is 0 Å². The van der Waals surface area contributed by atoms with E-state index in [1.54, 1.807) is 0 Å². The molecule has 11 aromatic carbocycles. The topological polar surface area (TPSA) is 43.6 Å². The monoisotopic (exact) mass is 856 g/mol. The fourth-order valence-electron chi connectivity index (χ4n) is 10.3. The van der Waals surface area contributed by atoms with Gasteiger partial charge >= 0.3 is 0 Å². The molecule has 66 heavy (non-hydrogen) atoms. The molecule has 0 unspecified atom stereocenters. The Bertz CT molecular complexity index is 4210. The molecule has 0 saturated heterocycles. The van der Waals surface area contributed by atoms with E-state index in [0.717, 1.165) is 55.3 Å². The predicted octanol–water partition coefficient (Wildman–Crippen LogP) is 16.6. The van der Waals surface area contributed by atoms with Gasteiger partial charge in [-0.15, -0.1) is 11.3 Å². The minimum absolute atomic E-state index is 0.619. The number of rotatable bonds is 5. The molecule has 14 aromatic rings.